The molecule has 0 atom stereocenters. The number of methoxy groups -OCH3 is 1. The molecule has 0 fully saturated rings. The van der Waals surface area contributed by atoms with Gasteiger partial charge in [0.15, 0.2) is 5.78 Å². The molecule has 1 aromatic rings. The summed E-state index contributed by atoms with van der Waals surface area (Å²) in [6.07, 6.45) is 0.206. The Balaban J connectivity index is 2.77. The predicted molar refractivity (Wildman–Crippen MR) is 61.8 cm³/mol. The SMILES string of the molecule is COC(=O)CCC(=O)c1c(C)cccc1Cl. The number of ether oxygens (including phenoxy) is 1. The average Bonchev–Trinajstić information content (AvgIpc) is 2.25. The summed E-state index contributed by atoms with van der Waals surface area (Å²) < 4.78 is 4.47. The van der Waals surface area contributed by atoms with Crippen LogP contribution in [0.3, 0.4) is 0 Å². The van der Waals surface area contributed by atoms with E-state index in [1.54, 1.807) is 12.1 Å². The molecule has 86 valence electrons. The van der Waals surface area contributed by atoms with Crippen molar-refractivity contribution in [1.29, 1.82) is 0 Å². The second-order valence-corrected chi connectivity index (χ2v) is 3.84. The number of Topliss-reactive ketones (excluding diaryl/α,β-unsaturated/α-hetero) is 1. The van der Waals surface area contributed by atoms with Crippen LogP contribution in [0.5, 0.6) is 0 Å². The van der Waals surface area contributed by atoms with Gasteiger partial charge in [0.1, 0.15) is 0 Å². The van der Waals surface area contributed by atoms with Gasteiger partial charge in [-0.3, -0.25) is 9.59 Å². The molecule has 0 spiro atoms. The van der Waals surface area contributed by atoms with Crippen molar-refractivity contribution in [3.05, 3.63) is 34.3 Å². The summed E-state index contributed by atoms with van der Waals surface area (Å²) in [7, 11) is 1.30. The molecule has 0 unspecified atom stereocenters. The molecule has 4 heteroatoms. The molecule has 0 heterocycles. The lowest BCUT2D eigenvalue weighted by Crippen LogP contribution is -2.07. The van der Waals surface area contributed by atoms with Crippen LogP contribution in [0.4, 0.5) is 0 Å². The predicted octanol–water partition coefficient (Wildman–Crippen LogP) is 2.78. The van der Waals surface area contributed by atoms with Crippen LogP contribution in [0.1, 0.15) is 28.8 Å². The van der Waals surface area contributed by atoms with Crippen molar-refractivity contribution >= 4 is 23.4 Å². The van der Waals surface area contributed by atoms with E-state index in [4.69, 9.17) is 11.6 Å². The zero-order valence-electron chi connectivity index (χ0n) is 9.25. The first-order valence-electron chi connectivity index (χ1n) is 4.91. The van der Waals surface area contributed by atoms with Gasteiger partial charge in [-0.15, -0.1) is 0 Å². The minimum atomic E-state index is -0.391. The van der Waals surface area contributed by atoms with Crippen molar-refractivity contribution in [2.24, 2.45) is 0 Å². The van der Waals surface area contributed by atoms with Crippen molar-refractivity contribution in [1.82, 2.24) is 0 Å². The quantitative estimate of drug-likeness (QED) is 0.600. The third kappa shape index (κ3) is 3.07. The molecule has 16 heavy (non-hydrogen) atoms. The van der Waals surface area contributed by atoms with Crippen molar-refractivity contribution in [3.63, 3.8) is 0 Å². The first kappa shape index (κ1) is 12.7. The van der Waals surface area contributed by atoms with Gasteiger partial charge < -0.3 is 4.74 Å². The summed E-state index contributed by atoms with van der Waals surface area (Å²) in [5.41, 5.74) is 1.32. The number of carbonyl (C=O) groups excluding carboxylic acids is 2. The normalized spacial score (nSPS) is 9.94. The molecular weight excluding hydrogens is 228 g/mol. The van der Waals surface area contributed by atoms with E-state index >= 15 is 0 Å². The molecule has 0 bridgehead atoms. The topological polar surface area (TPSA) is 43.4 Å². The fraction of sp³-hybridized carbons (Fsp3) is 0.333. The lowest BCUT2D eigenvalue weighted by molar-refractivity contribution is -0.140. The van der Waals surface area contributed by atoms with E-state index in [-0.39, 0.29) is 18.6 Å². The van der Waals surface area contributed by atoms with Crippen LogP contribution < -0.4 is 0 Å². The van der Waals surface area contributed by atoms with Crippen LogP contribution in [-0.2, 0) is 9.53 Å². The van der Waals surface area contributed by atoms with Gasteiger partial charge in [-0.25, -0.2) is 0 Å². The lowest BCUT2D eigenvalue weighted by atomic mass is 10.0. The highest BCUT2D eigenvalue weighted by molar-refractivity contribution is 6.34. The first-order valence-corrected chi connectivity index (χ1v) is 5.29. The number of benzene rings is 1. The van der Waals surface area contributed by atoms with Gasteiger partial charge >= 0.3 is 5.97 Å². The third-order valence-electron chi connectivity index (χ3n) is 2.28. The van der Waals surface area contributed by atoms with Crippen LogP contribution in [0.2, 0.25) is 5.02 Å². The van der Waals surface area contributed by atoms with E-state index < -0.39 is 5.97 Å². The number of carbonyl (C=O) groups is 2. The summed E-state index contributed by atoms with van der Waals surface area (Å²) in [4.78, 5) is 22.7. The highest BCUT2D eigenvalue weighted by atomic mass is 35.5. The molecule has 3 nitrogen and oxygen atoms in total. The average molecular weight is 241 g/mol. The standard InChI is InChI=1S/C12H13ClO3/c1-8-4-3-5-9(13)12(8)10(14)6-7-11(15)16-2/h3-5H,6-7H2,1-2H3. The highest BCUT2D eigenvalue weighted by Crippen LogP contribution is 2.21. The fourth-order valence-electron chi connectivity index (χ4n) is 1.43. The molecule has 1 aromatic carbocycles. The zero-order chi connectivity index (χ0) is 12.1. The van der Waals surface area contributed by atoms with Crippen LogP contribution in [0, 0.1) is 6.92 Å². The largest absolute Gasteiger partial charge is 0.469 e. The van der Waals surface area contributed by atoms with Crippen LogP contribution >= 0.6 is 11.6 Å². The molecule has 0 saturated carbocycles. The maximum Gasteiger partial charge on any atom is 0.305 e. The van der Waals surface area contributed by atoms with Gasteiger partial charge in [0.05, 0.1) is 18.6 Å². The van der Waals surface area contributed by atoms with E-state index in [2.05, 4.69) is 4.74 Å². The number of hydrogen-bond donors (Lipinski definition) is 0. The van der Waals surface area contributed by atoms with Crippen LogP contribution in [0.25, 0.3) is 0 Å². The molecule has 0 saturated heterocycles. The van der Waals surface area contributed by atoms with Crippen LogP contribution in [0.15, 0.2) is 18.2 Å². The molecule has 1 rings (SSSR count). The zero-order valence-corrected chi connectivity index (χ0v) is 10.0. The summed E-state index contributed by atoms with van der Waals surface area (Å²) in [5, 5.41) is 0.426. The van der Waals surface area contributed by atoms with Crippen molar-refractivity contribution in [2.75, 3.05) is 7.11 Å². The van der Waals surface area contributed by atoms with E-state index in [9.17, 15) is 9.59 Å². The number of esters is 1. The first-order chi connectivity index (χ1) is 7.56. The second-order valence-electron chi connectivity index (χ2n) is 3.43. The maximum atomic E-state index is 11.8. The Morgan fingerprint density at radius 1 is 1.31 bits per heavy atom. The van der Waals surface area contributed by atoms with Crippen molar-refractivity contribution in [3.8, 4) is 0 Å². The number of ketones is 1. The van der Waals surface area contributed by atoms with E-state index in [1.807, 2.05) is 13.0 Å². The summed E-state index contributed by atoms with van der Waals surface area (Å²) in [6, 6.07) is 5.27. The number of aryl methyl sites for hydroxylation is 1. The molecule has 0 amide bonds. The van der Waals surface area contributed by atoms with Gasteiger partial charge in [-0.1, -0.05) is 23.7 Å². The monoisotopic (exact) mass is 240 g/mol. The Morgan fingerprint density at radius 2 is 2.00 bits per heavy atom. The van der Waals surface area contributed by atoms with Crippen molar-refractivity contribution in [2.45, 2.75) is 19.8 Å². The molecule has 0 aliphatic carbocycles. The minimum absolute atomic E-state index is 0.0833. The molecule has 0 N–H and O–H groups in total. The van der Waals surface area contributed by atoms with Crippen molar-refractivity contribution < 1.29 is 14.3 Å². The summed E-state index contributed by atoms with van der Waals surface area (Å²) >= 11 is 5.94. The number of hydrogen-bond acceptors (Lipinski definition) is 3. The maximum absolute atomic E-state index is 11.8. The second kappa shape index (κ2) is 5.66. The Bertz CT molecular complexity index is 392. The molecular formula is C12H13ClO3. The van der Waals surface area contributed by atoms with E-state index in [1.165, 1.54) is 7.11 Å². The third-order valence-corrected chi connectivity index (χ3v) is 2.60. The minimum Gasteiger partial charge on any atom is -0.469 e. The Kier molecular flexibility index (Phi) is 4.50. The molecule has 0 aliphatic rings. The van der Waals surface area contributed by atoms with Gasteiger partial charge in [0.2, 0.25) is 0 Å². The van der Waals surface area contributed by atoms with Crippen LogP contribution in [-0.4, -0.2) is 18.9 Å². The van der Waals surface area contributed by atoms with Gasteiger partial charge in [0, 0.05) is 12.0 Å². The molecule has 0 aromatic heterocycles. The molecule has 0 radical (unpaired) electrons. The fourth-order valence-corrected chi connectivity index (χ4v) is 1.75. The number of rotatable bonds is 4. The van der Waals surface area contributed by atoms with E-state index in [0.717, 1.165) is 5.56 Å². The summed E-state index contributed by atoms with van der Waals surface area (Å²) in [6.45, 7) is 1.82. The Morgan fingerprint density at radius 3 is 2.56 bits per heavy atom. The van der Waals surface area contributed by atoms with Gasteiger partial charge in [-0.05, 0) is 18.6 Å². The lowest BCUT2D eigenvalue weighted by Gasteiger charge is -2.06. The van der Waals surface area contributed by atoms with E-state index in [0.29, 0.717) is 10.6 Å². The molecule has 0 aliphatic heterocycles. The van der Waals surface area contributed by atoms with Gasteiger partial charge in [-0.2, -0.15) is 0 Å². The highest BCUT2D eigenvalue weighted by Gasteiger charge is 2.14. The Labute approximate surface area is 99.4 Å². The Hall–Kier alpha value is -1.35. The summed E-state index contributed by atoms with van der Waals surface area (Å²) in [5.74, 6) is -0.522. The van der Waals surface area contributed by atoms with Gasteiger partial charge in [0.25, 0.3) is 0 Å². The smallest absolute Gasteiger partial charge is 0.305 e. The number of halogens is 1.